The first-order valence-corrected chi connectivity index (χ1v) is 6.43. The van der Waals surface area contributed by atoms with Crippen molar-refractivity contribution in [2.24, 2.45) is 0 Å². The lowest BCUT2D eigenvalue weighted by atomic mass is 10.2. The lowest BCUT2D eigenvalue weighted by Crippen LogP contribution is -2.18. The standard InChI is InChI=1S/C14H13Cl2FN2/c1-19(8-9-2-4-10(15)5-3-9)14-7-12(17)11(16)6-13(14)18/h2-7H,8,18H2,1H3. The van der Waals surface area contributed by atoms with Crippen molar-refractivity contribution in [2.75, 3.05) is 17.7 Å². The second kappa shape index (κ2) is 5.68. The van der Waals surface area contributed by atoms with Crippen LogP contribution in [0.15, 0.2) is 36.4 Å². The Balaban J connectivity index is 2.22. The van der Waals surface area contributed by atoms with Gasteiger partial charge in [-0.05, 0) is 23.8 Å². The number of hydrogen-bond acceptors (Lipinski definition) is 2. The number of nitrogens with zero attached hydrogens (tertiary/aromatic N) is 1. The van der Waals surface area contributed by atoms with Crippen LogP contribution in [0.25, 0.3) is 0 Å². The molecule has 0 aliphatic heterocycles. The molecule has 0 heterocycles. The Morgan fingerprint density at radius 2 is 1.79 bits per heavy atom. The minimum Gasteiger partial charge on any atom is -0.397 e. The molecule has 2 aromatic carbocycles. The van der Waals surface area contributed by atoms with E-state index in [1.165, 1.54) is 12.1 Å². The summed E-state index contributed by atoms with van der Waals surface area (Å²) < 4.78 is 13.5. The van der Waals surface area contributed by atoms with Gasteiger partial charge in [0.1, 0.15) is 5.82 Å². The van der Waals surface area contributed by atoms with Crippen LogP contribution in [0.4, 0.5) is 15.8 Å². The van der Waals surface area contributed by atoms with Crippen molar-refractivity contribution in [1.82, 2.24) is 0 Å². The second-order valence-corrected chi connectivity index (χ2v) is 5.15. The summed E-state index contributed by atoms with van der Waals surface area (Å²) in [5.41, 5.74) is 7.97. The number of benzene rings is 2. The van der Waals surface area contributed by atoms with Gasteiger partial charge in [-0.2, -0.15) is 0 Å². The molecule has 0 aliphatic rings. The van der Waals surface area contributed by atoms with Gasteiger partial charge >= 0.3 is 0 Å². The van der Waals surface area contributed by atoms with E-state index < -0.39 is 5.82 Å². The summed E-state index contributed by atoms with van der Waals surface area (Å²) in [4.78, 5) is 1.86. The van der Waals surface area contributed by atoms with E-state index in [9.17, 15) is 4.39 Å². The van der Waals surface area contributed by atoms with Gasteiger partial charge in [0.2, 0.25) is 0 Å². The smallest absolute Gasteiger partial charge is 0.144 e. The van der Waals surface area contributed by atoms with Gasteiger partial charge in [0.15, 0.2) is 0 Å². The Morgan fingerprint density at radius 3 is 2.42 bits per heavy atom. The third-order valence-electron chi connectivity index (χ3n) is 2.81. The number of nitrogen functional groups attached to an aromatic ring is 1. The van der Waals surface area contributed by atoms with Crippen LogP contribution < -0.4 is 10.6 Å². The van der Waals surface area contributed by atoms with Crippen molar-refractivity contribution in [3.05, 3.63) is 57.8 Å². The van der Waals surface area contributed by atoms with Crippen LogP contribution in [0, 0.1) is 5.82 Å². The molecular weight excluding hydrogens is 286 g/mol. The second-order valence-electron chi connectivity index (χ2n) is 4.31. The highest BCUT2D eigenvalue weighted by Gasteiger charge is 2.10. The van der Waals surface area contributed by atoms with Crippen molar-refractivity contribution in [1.29, 1.82) is 0 Å². The Hall–Kier alpha value is -1.45. The fourth-order valence-electron chi connectivity index (χ4n) is 1.83. The van der Waals surface area contributed by atoms with E-state index in [-0.39, 0.29) is 5.02 Å². The summed E-state index contributed by atoms with van der Waals surface area (Å²) >= 11 is 11.5. The van der Waals surface area contributed by atoms with Gasteiger partial charge in [0, 0.05) is 24.7 Å². The third-order valence-corrected chi connectivity index (χ3v) is 3.36. The Morgan fingerprint density at radius 1 is 1.16 bits per heavy atom. The zero-order valence-electron chi connectivity index (χ0n) is 10.3. The van der Waals surface area contributed by atoms with Gasteiger partial charge in [-0.3, -0.25) is 0 Å². The number of anilines is 2. The van der Waals surface area contributed by atoms with Crippen LogP contribution >= 0.6 is 23.2 Å². The fraction of sp³-hybridized carbons (Fsp3) is 0.143. The molecule has 0 radical (unpaired) electrons. The van der Waals surface area contributed by atoms with Crippen LogP contribution in [0.1, 0.15) is 5.56 Å². The van der Waals surface area contributed by atoms with Crippen LogP contribution in [-0.2, 0) is 6.54 Å². The fourth-order valence-corrected chi connectivity index (χ4v) is 2.13. The molecule has 0 saturated carbocycles. The van der Waals surface area contributed by atoms with E-state index in [2.05, 4.69) is 0 Å². The average molecular weight is 299 g/mol. The van der Waals surface area contributed by atoms with Crippen molar-refractivity contribution in [3.8, 4) is 0 Å². The molecule has 2 nitrogen and oxygen atoms in total. The molecule has 0 saturated heterocycles. The highest BCUT2D eigenvalue weighted by atomic mass is 35.5. The predicted octanol–water partition coefficient (Wildman–Crippen LogP) is 4.35. The molecule has 0 aliphatic carbocycles. The molecule has 0 atom stereocenters. The first-order valence-electron chi connectivity index (χ1n) is 5.67. The van der Waals surface area contributed by atoms with Gasteiger partial charge < -0.3 is 10.6 Å². The summed E-state index contributed by atoms with van der Waals surface area (Å²) in [6.07, 6.45) is 0. The quantitative estimate of drug-likeness (QED) is 0.854. The van der Waals surface area contributed by atoms with Gasteiger partial charge in [-0.1, -0.05) is 35.3 Å². The van der Waals surface area contributed by atoms with E-state index in [4.69, 9.17) is 28.9 Å². The van der Waals surface area contributed by atoms with Crippen LogP contribution in [0.5, 0.6) is 0 Å². The highest BCUT2D eigenvalue weighted by molar-refractivity contribution is 6.31. The van der Waals surface area contributed by atoms with E-state index in [1.807, 2.05) is 36.2 Å². The monoisotopic (exact) mass is 298 g/mol. The zero-order chi connectivity index (χ0) is 14.0. The normalized spacial score (nSPS) is 10.5. The first kappa shape index (κ1) is 14.0. The molecule has 0 unspecified atom stereocenters. The van der Waals surface area contributed by atoms with Crippen LogP contribution in [0.2, 0.25) is 10.0 Å². The lowest BCUT2D eigenvalue weighted by molar-refractivity contribution is 0.628. The highest BCUT2D eigenvalue weighted by Crippen LogP contribution is 2.29. The molecule has 2 rings (SSSR count). The average Bonchev–Trinajstić information content (AvgIpc) is 2.36. The topological polar surface area (TPSA) is 29.3 Å². The number of nitrogens with two attached hydrogens (primary N) is 1. The number of halogens is 3. The van der Waals surface area contributed by atoms with E-state index in [1.54, 1.807) is 0 Å². The lowest BCUT2D eigenvalue weighted by Gasteiger charge is -2.21. The van der Waals surface area contributed by atoms with Crippen LogP contribution in [0.3, 0.4) is 0 Å². The molecule has 0 bridgehead atoms. The van der Waals surface area contributed by atoms with Gasteiger partial charge in [-0.15, -0.1) is 0 Å². The largest absolute Gasteiger partial charge is 0.397 e. The van der Waals surface area contributed by atoms with Crippen molar-refractivity contribution < 1.29 is 4.39 Å². The van der Waals surface area contributed by atoms with E-state index in [0.29, 0.717) is 22.9 Å². The maximum absolute atomic E-state index is 13.5. The van der Waals surface area contributed by atoms with Crippen LogP contribution in [-0.4, -0.2) is 7.05 Å². The maximum Gasteiger partial charge on any atom is 0.144 e. The van der Waals surface area contributed by atoms with Gasteiger partial charge in [0.25, 0.3) is 0 Å². The summed E-state index contributed by atoms with van der Waals surface area (Å²) in [6, 6.07) is 10.2. The van der Waals surface area contributed by atoms with Crippen molar-refractivity contribution in [2.45, 2.75) is 6.54 Å². The summed E-state index contributed by atoms with van der Waals surface area (Å²) in [5, 5.41) is 0.713. The van der Waals surface area contributed by atoms with Gasteiger partial charge in [0.05, 0.1) is 16.4 Å². The molecule has 0 spiro atoms. The number of rotatable bonds is 3. The predicted molar refractivity (Wildman–Crippen MR) is 79.4 cm³/mol. The Labute approximate surface area is 121 Å². The van der Waals surface area contributed by atoms with Crippen molar-refractivity contribution in [3.63, 3.8) is 0 Å². The molecule has 5 heteroatoms. The summed E-state index contributed by atoms with van der Waals surface area (Å²) in [5.74, 6) is -0.478. The van der Waals surface area contributed by atoms with E-state index >= 15 is 0 Å². The minimum absolute atomic E-state index is 0.0288. The Kier molecular flexibility index (Phi) is 4.17. The Bertz CT molecular complexity index is 585. The maximum atomic E-state index is 13.5. The third kappa shape index (κ3) is 3.31. The molecule has 0 amide bonds. The van der Waals surface area contributed by atoms with Gasteiger partial charge in [-0.25, -0.2) is 4.39 Å². The zero-order valence-corrected chi connectivity index (χ0v) is 11.8. The van der Waals surface area contributed by atoms with Crippen molar-refractivity contribution >= 4 is 34.6 Å². The molecular formula is C14H13Cl2FN2. The molecule has 2 N–H and O–H groups in total. The molecule has 2 aromatic rings. The summed E-state index contributed by atoms with van der Waals surface area (Å²) in [6.45, 7) is 0.600. The minimum atomic E-state index is -0.478. The first-order chi connectivity index (χ1) is 8.97. The molecule has 0 fully saturated rings. The number of hydrogen-bond donors (Lipinski definition) is 1. The molecule has 0 aromatic heterocycles. The SMILES string of the molecule is CN(Cc1ccc(Cl)cc1)c1cc(F)c(Cl)cc1N. The molecule has 19 heavy (non-hydrogen) atoms. The molecule has 100 valence electrons. The van der Waals surface area contributed by atoms with E-state index in [0.717, 1.165) is 5.56 Å². The summed E-state index contributed by atoms with van der Waals surface area (Å²) in [7, 11) is 1.84.